The van der Waals surface area contributed by atoms with Gasteiger partial charge in [0.15, 0.2) is 10.9 Å². The fourth-order valence-electron chi connectivity index (χ4n) is 2.63. The van der Waals surface area contributed by atoms with Crippen molar-refractivity contribution >= 4 is 35.1 Å². The number of hydrogen-bond donors (Lipinski definition) is 2. The Bertz CT molecular complexity index is 970. The lowest BCUT2D eigenvalue weighted by Crippen LogP contribution is -2.25. The van der Waals surface area contributed by atoms with Crippen molar-refractivity contribution < 1.29 is 9.59 Å². The lowest BCUT2D eigenvalue weighted by molar-refractivity contribution is -0.118. The Hall–Kier alpha value is -3.13. The number of rotatable bonds is 7. The molecule has 1 aromatic heterocycles. The van der Waals surface area contributed by atoms with Crippen LogP contribution in [-0.2, 0) is 10.5 Å². The molecule has 1 heterocycles. The minimum atomic E-state index is -0.597. The summed E-state index contributed by atoms with van der Waals surface area (Å²) in [5, 5.41) is 11.4. The van der Waals surface area contributed by atoms with Crippen LogP contribution in [0.2, 0.25) is 0 Å². The Morgan fingerprint density at radius 1 is 1.11 bits per heavy atom. The first-order valence-corrected chi connectivity index (χ1v) is 9.73. The summed E-state index contributed by atoms with van der Waals surface area (Å²) in [6, 6.07) is 16.1. The van der Waals surface area contributed by atoms with E-state index in [9.17, 15) is 9.59 Å². The molecule has 0 aliphatic rings. The van der Waals surface area contributed by atoms with Gasteiger partial charge in [0.2, 0.25) is 11.9 Å². The number of benzene rings is 2. The average Bonchev–Trinajstić information content (AvgIpc) is 3.07. The third-order valence-corrected chi connectivity index (χ3v) is 5.24. The highest BCUT2D eigenvalue weighted by molar-refractivity contribution is 7.98. The molecule has 0 radical (unpaired) electrons. The number of ketones is 1. The Morgan fingerprint density at radius 2 is 1.79 bits per heavy atom. The molecule has 0 saturated heterocycles. The molecule has 0 fully saturated rings. The molecule has 3 aromatic rings. The maximum absolute atomic E-state index is 12.7. The van der Waals surface area contributed by atoms with E-state index in [0.717, 1.165) is 5.56 Å². The van der Waals surface area contributed by atoms with Crippen LogP contribution in [0.3, 0.4) is 0 Å². The summed E-state index contributed by atoms with van der Waals surface area (Å²) in [5.41, 5.74) is 8.29. The third kappa shape index (κ3) is 4.58. The molecule has 0 spiro atoms. The highest BCUT2D eigenvalue weighted by Gasteiger charge is 2.22. The number of anilines is 2. The van der Waals surface area contributed by atoms with Crippen molar-refractivity contribution in [1.82, 2.24) is 14.8 Å². The minimum absolute atomic E-state index is 0.0245. The maximum Gasteiger partial charge on any atom is 0.247 e. The van der Waals surface area contributed by atoms with Crippen LogP contribution in [0.15, 0.2) is 59.8 Å². The number of amides is 1. The van der Waals surface area contributed by atoms with Crippen LogP contribution in [0.4, 0.5) is 11.6 Å². The van der Waals surface area contributed by atoms with Gasteiger partial charge in [-0.1, -0.05) is 42.1 Å². The molecule has 144 valence electrons. The number of aromatic nitrogens is 3. The molecule has 3 N–H and O–H groups in total. The SMILES string of the molecule is CC(=O)c1ccc(NC(=O)C(C)n2c(N)nnc2SCc2ccccc2)cc1. The molecule has 0 aliphatic heterocycles. The predicted octanol–water partition coefficient (Wildman–Crippen LogP) is 3.55. The molecule has 1 atom stereocenters. The standard InChI is InChI=1S/C20H21N5O2S/c1-13(18(27)22-17-10-8-16(9-11-17)14(2)26)25-19(21)23-24-20(25)28-12-15-6-4-3-5-7-15/h3-11,13H,12H2,1-2H3,(H2,21,23)(H,22,27). The number of carbonyl (C=O) groups is 2. The van der Waals surface area contributed by atoms with Gasteiger partial charge in [0.1, 0.15) is 6.04 Å². The van der Waals surface area contributed by atoms with E-state index >= 15 is 0 Å². The number of nitrogens with two attached hydrogens (primary N) is 1. The molecule has 3 rings (SSSR count). The number of thioether (sulfide) groups is 1. The summed E-state index contributed by atoms with van der Waals surface area (Å²) in [6.07, 6.45) is 0. The fourth-order valence-corrected chi connectivity index (χ4v) is 3.60. The van der Waals surface area contributed by atoms with Crippen LogP contribution in [0, 0.1) is 0 Å². The minimum Gasteiger partial charge on any atom is -0.368 e. The van der Waals surface area contributed by atoms with Gasteiger partial charge in [-0.25, -0.2) is 0 Å². The highest BCUT2D eigenvalue weighted by Crippen LogP contribution is 2.26. The van der Waals surface area contributed by atoms with Crippen molar-refractivity contribution in [2.45, 2.75) is 30.8 Å². The summed E-state index contributed by atoms with van der Waals surface area (Å²) in [7, 11) is 0. The molecule has 28 heavy (non-hydrogen) atoms. The molecule has 0 bridgehead atoms. The van der Waals surface area contributed by atoms with E-state index in [4.69, 9.17) is 5.73 Å². The first kappa shape index (κ1) is 19.6. The van der Waals surface area contributed by atoms with Crippen LogP contribution in [-0.4, -0.2) is 26.5 Å². The number of nitrogen functional groups attached to an aromatic ring is 1. The Labute approximate surface area is 167 Å². The Kier molecular flexibility index (Phi) is 6.10. The second kappa shape index (κ2) is 8.71. The van der Waals surface area contributed by atoms with Crippen molar-refractivity contribution in [3.63, 3.8) is 0 Å². The molecule has 2 aromatic carbocycles. The normalized spacial score (nSPS) is 11.8. The molecule has 1 amide bonds. The van der Waals surface area contributed by atoms with E-state index in [-0.39, 0.29) is 17.6 Å². The van der Waals surface area contributed by atoms with Crippen molar-refractivity contribution in [3.8, 4) is 0 Å². The second-order valence-corrected chi connectivity index (χ2v) is 7.23. The van der Waals surface area contributed by atoms with Crippen molar-refractivity contribution in [1.29, 1.82) is 0 Å². The summed E-state index contributed by atoms with van der Waals surface area (Å²) in [5.74, 6) is 0.608. The van der Waals surface area contributed by atoms with Crippen LogP contribution < -0.4 is 11.1 Å². The van der Waals surface area contributed by atoms with E-state index in [2.05, 4.69) is 15.5 Å². The lowest BCUT2D eigenvalue weighted by atomic mass is 10.1. The summed E-state index contributed by atoms with van der Waals surface area (Å²) >= 11 is 1.47. The largest absolute Gasteiger partial charge is 0.368 e. The van der Waals surface area contributed by atoms with Gasteiger partial charge in [-0.2, -0.15) is 0 Å². The molecule has 0 aliphatic carbocycles. The summed E-state index contributed by atoms with van der Waals surface area (Å²) in [4.78, 5) is 24.0. The van der Waals surface area contributed by atoms with Gasteiger partial charge in [-0.3, -0.25) is 14.2 Å². The van der Waals surface area contributed by atoms with Gasteiger partial charge in [0.25, 0.3) is 0 Å². The summed E-state index contributed by atoms with van der Waals surface area (Å²) in [6.45, 7) is 3.24. The first-order chi connectivity index (χ1) is 13.5. The van der Waals surface area contributed by atoms with Crippen molar-refractivity contribution in [2.75, 3.05) is 11.1 Å². The fraction of sp³-hybridized carbons (Fsp3) is 0.200. The Balaban J connectivity index is 1.70. The monoisotopic (exact) mass is 395 g/mol. The zero-order valence-electron chi connectivity index (χ0n) is 15.6. The lowest BCUT2D eigenvalue weighted by Gasteiger charge is -2.16. The van der Waals surface area contributed by atoms with Gasteiger partial charge in [0, 0.05) is 17.0 Å². The second-order valence-electron chi connectivity index (χ2n) is 6.28. The van der Waals surface area contributed by atoms with Gasteiger partial charge < -0.3 is 11.1 Å². The topological polar surface area (TPSA) is 103 Å². The van der Waals surface area contributed by atoms with Crippen molar-refractivity contribution in [3.05, 3.63) is 65.7 Å². The molecule has 7 nitrogen and oxygen atoms in total. The van der Waals surface area contributed by atoms with E-state index in [1.165, 1.54) is 18.7 Å². The van der Waals surface area contributed by atoms with Crippen LogP contribution >= 0.6 is 11.8 Å². The quantitative estimate of drug-likeness (QED) is 0.468. The average molecular weight is 395 g/mol. The van der Waals surface area contributed by atoms with E-state index in [1.807, 2.05) is 30.3 Å². The van der Waals surface area contributed by atoms with Gasteiger partial charge in [-0.05, 0) is 43.7 Å². The molecule has 1 unspecified atom stereocenters. The third-order valence-electron chi connectivity index (χ3n) is 4.23. The van der Waals surface area contributed by atoms with E-state index < -0.39 is 6.04 Å². The number of nitrogens with one attached hydrogen (secondary N) is 1. The van der Waals surface area contributed by atoms with Crippen LogP contribution in [0.5, 0.6) is 0 Å². The predicted molar refractivity (Wildman–Crippen MR) is 110 cm³/mol. The van der Waals surface area contributed by atoms with Crippen LogP contribution in [0.1, 0.15) is 35.8 Å². The van der Waals surface area contributed by atoms with Crippen molar-refractivity contribution in [2.24, 2.45) is 0 Å². The maximum atomic E-state index is 12.7. The smallest absolute Gasteiger partial charge is 0.247 e. The van der Waals surface area contributed by atoms with Gasteiger partial charge in [0.05, 0.1) is 0 Å². The van der Waals surface area contributed by atoms with E-state index in [0.29, 0.717) is 22.2 Å². The number of carbonyl (C=O) groups excluding carboxylic acids is 2. The molecule has 8 heteroatoms. The highest BCUT2D eigenvalue weighted by atomic mass is 32.2. The molecular weight excluding hydrogens is 374 g/mol. The molecular formula is C20H21N5O2S. The number of Topliss-reactive ketones (excluding diaryl/α,β-unsaturated/α-hetero) is 1. The van der Waals surface area contributed by atoms with Gasteiger partial charge >= 0.3 is 0 Å². The van der Waals surface area contributed by atoms with E-state index in [1.54, 1.807) is 35.8 Å². The zero-order valence-corrected chi connectivity index (χ0v) is 16.4. The molecule has 0 saturated carbocycles. The Morgan fingerprint density at radius 3 is 2.43 bits per heavy atom. The summed E-state index contributed by atoms with van der Waals surface area (Å²) < 4.78 is 1.62. The number of hydrogen-bond acceptors (Lipinski definition) is 6. The van der Waals surface area contributed by atoms with Gasteiger partial charge in [-0.15, -0.1) is 10.2 Å². The number of nitrogens with zero attached hydrogens (tertiary/aromatic N) is 3. The van der Waals surface area contributed by atoms with Crippen LogP contribution in [0.25, 0.3) is 0 Å². The zero-order chi connectivity index (χ0) is 20.1. The first-order valence-electron chi connectivity index (χ1n) is 8.74.